The molecule has 0 aliphatic carbocycles. The lowest BCUT2D eigenvalue weighted by molar-refractivity contribution is -0.137. The zero-order valence-corrected chi connectivity index (χ0v) is 22.6. The second kappa shape index (κ2) is 11.0. The third-order valence-electron chi connectivity index (χ3n) is 7.78. The summed E-state index contributed by atoms with van der Waals surface area (Å²) < 4.78 is 8.18. The standard InChI is InChI=1S/C31H36N4O3/c1-5-25-19-34(17-23-9-7-8-10-29(23)38-25)18-24-15-22(12-11-20(24)3)27(16-30(36)37)26-13-14-28-31(21(26)4)32-33-35(28)6-2/h7-15,25,27H,5-6,16-19H2,1-4H3,(H,36,37). The van der Waals surface area contributed by atoms with E-state index in [1.807, 2.05) is 30.7 Å². The Morgan fingerprint density at radius 2 is 1.95 bits per heavy atom. The minimum Gasteiger partial charge on any atom is -0.489 e. The van der Waals surface area contributed by atoms with Crippen molar-refractivity contribution >= 4 is 17.0 Å². The Labute approximate surface area is 224 Å². The Morgan fingerprint density at radius 1 is 1.13 bits per heavy atom. The molecule has 198 valence electrons. The molecule has 0 saturated carbocycles. The van der Waals surface area contributed by atoms with Gasteiger partial charge in [-0.05, 0) is 67.1 Å². The van der Waals surface area contributed by atoms with Crippen LogP contribution in [-0.2, 0) is 24.4 Å². The molecular formula is C31H36N4O3. The highest BCUT2D eigenvalue weighted by atomic mass is 16.5. The molecule has 2 unspecified atom stereocenters. The lowest BCUT2D eigenvalue weighted by Crippen LogP contribution is -2.32. The zero-order valence-electron chi connectivity index (χ0n) is 22.6. The number of para-hydroxylation sites is 1. The molecule has 0 radical (unpaired) electrons. The van der Waals surface area contributed by atoms with Crippen molar-refractivity contribution in [3.05, 3.63) is 88.0 Å². The SMILES string of the molecule is CCC1CN(Cc2cc(C(CC(=O)O)c3ccc4c(nnn4CC)c3C)ccc2C)Cc2ccccc2O1. The predicted molar refractivity (Wildman–Crippen MR) is 148 cm³/mol. The van der Waals surface area contributed by atoms with Crippen LogP contribution < -0.4 is 4.74 Å². The fraction of sp³-hybridized carbons (Fsp3) is 0.387. The quantitative estimate of drug-likeness (QED) is 0.319. The minimum absolute atomic E-state index is 0.0135. The molecule has 4 aromatic rings. The van der Waals surface area contributed by atoms with E-state index < -0.39 is 5.97 Å². The Balaban J connectivity index is 1.50. The van der Waals surface area contributed by atoms with Gasteiger partial charge < -0.3 is 9.84 Å². The summed E-state index contributed by atoms with van der Waals surface area (Å²) in [6.45, 7) is 11.5. The van der Waals surface area contributed by atoms with E-state index in [4.69, 9.17) is 4.74 Å². The van der Waals surface area contributed by atoms with Gasteiger partial charge in [-0.3, -0.25) is 9.69 Å². The van der Waals surface area contributed by atoms with Gasteiger partial charge in [-0.2, -0.15) is 0 Å². The Kier molecular flexibility index (Phi) is 7.47. The van der Waals surface area contributed by atoms with Crippen molar-refractivity contribution in [1.29, 1.82) is 0 Å². The van der Waals surface area contributed by atoms with Gasteiger partial charge in [0, 0.05) is 37.7 Å². The Morgan fingerprint density at radius 3 is 2.71 bits per heavy atom. The maximum absolute atomic E-state index is 12.0. The summed E-state index contributed by atoms with van der Waals surface area (Å²) in [5.41, 5.74) is 8.41. The molecule has 7 heteroatoms. The molecule has 2 atom stereocenters. The monoisotopic (exact) mass is 512 g/mol. The summed E-state index contributed by atoms with van der Waals surface area (Å²) >= 11 is 0. The highest BCUT2D eigenvalue weighted by Gasteiger charge is 2.25. The first-order chi connectivity index (χ1) is 18.4. The van der Waals surface area contributed by atoms with E-state index in [0.717, 1.165) is 66.1 Å². The van der Waals surface area contributed by atoms with E-state index in [0.29, 0.717) is 0 Å². The molecule has 0 bridgehead atoms. The van der Waals surface area contributed by atoms with Gasteiger partial charge in [0.25, 0.3) is 0 Å². The highest BCUT2D eigenvalue weighted by molar-refractivity contribution is 5.80. The van der Waals surface area contributed by atoms with Crippen molar-refractivity contribution in [2.75, 3.05) is 6.54 Å². The molecule has 5 rings (SSSR count). The van der Waals surface area contributed by atoms with Crippen LogP contribution in [0.3, 0.4) is 0 Å². The first-order valence-corrected chi connectivity index (χ1v) is 13.5. The van der Waals surface area contributed by atoms with Crippen LogP contribution in [0, 0.1) is 13.8 Å². The molecule has 3 aromatic carbocycles. The number of aliphatic carboxylic acids is 1. The van der Waals surface area contributed by atoms with Crippen molar-refractivity contribution in [2.24, 2.45) is 0 Å². The summed E-state index contributed by atoms with van der Waals surface area (Å²) in [5.74, 6) is -0.125. The van der Waals surface area contributed by atoms with E-state index >= 15 is 0 Å². The number of carboxylic acids is 1. The number of carbonyl (C=O) groups is 1. The molecule has 1 N–H and O–H groups in total. The average Bonchev–Trinajstić information content (AvgIpc) is 3.24. The Hall–Kier alpha value is -3.71. The zero-order chi connectivity index (χ0) is 26.8. The van der Waals surface area contributed by atoms with Gasteiger partial charge in [-0.25, -0.2) is 4.68 Å². The summed E-state index contributed by atoms with van der Waals surface area (Å²) in [6.07, 6.45) is 1.09. The van der Waals surface area contributed by atoms with Gasteiger partial charge in [-0.1, -0.05) is 54.6 Å². The van der Waals surface area contributed by atoms with Crippen LogP contribution in [0.1, 0.15) is 66.0 Å². The topological polar surface area (TPSA) is 80.5 Å². The third-order valence-corrected chi connectivity index (χ3v) is 7.78. The number of aromatic nitrogens is 3. The molecular weight excluding hydrogens is 476 g/mol. The fourth-order valence-corrected chi connectivity index (χ4v) is 5.59. The summed E-state index contributed by atoms with van der Waals surface area (Å²) in [6, 6.07) is 18.8. The molecule has 0 saturated heterocycles. The summed E-state index contributed by atoms with van der Waals surface area (Å²) in [7, 11) is 0. The van der Waals surface area contributed by atoms with Crippen molar-refractivity contribution in [1.82, 2.24) is 19.9 Å². The lowest BCUT2D eigenvalue weighted by atomic mass is 9.84. The lowest BCUT2D eigenvalue weighted by Gasteiger charge is -2.25. The number of hydrogen-bond acceptors (Lipinski definition) is 5. The number of aryl methyl sites for hydroxylation is 3. The van der Waals surface area contributed by atoms with Gasteiger partial charge in [0.1, 0.15) is 17.4 Å². The Bertz CT molecular complexity index is 1460. The van der Waals surface area contributed by atoms with Crippen LogP contribution in [0.5, 0.6) is 5.75 Å². The number of ether oxygens (including phenoxy) is 1. The second-order valence-corrected chi connectivity index (χ2v) is 10.3. The molecule has 38 heavy (non-hydrogen) atoms. The first kappa shape index (κ1) is 25.9. The minimum atomic E-state index is -0.819. The van der Waals surface area contributed by atoms with Crippen LogP contribution in [0.4, 0.5) is 0 Å². The average molecular weight is 513 g/mol. The largest absolute Gasteiger partial charge is 0.489 e. The van der Waals surface area contributed by atoms with Crippen LogP contribution in [0.15, 0.2) is 54.6 Å². The molecule has 2 heterocycles. The van der Waals surface area contributed by atoms with Crippen LogP contribution in [0.2, 0.25) is 0 Å². The van der Waals surface area contributed by atoms with Gasteiger partial charge in [0.2, 0.25) is 0 Å². The number of rotatable bonds is 8. The molecule has 0 amide bonds. The normalized spacial score (nSPS) is 16.6. The van der Waals surface area contributed by atoms with Crippen LogP contribution in [0.25, 0.3) is 11.0 Å². The molecule has 0 spiro atoms. The van der Waals surface area contributed by atoms with Gasteiger partial charge >= 0.3 is 5.97 Å². The van der Waals surface area contributed by atoms with Crippen molar-refractivity contribution in [2.45, 2.75) is 72.2 Å². The van der Waals surface area contributed by atoms with E-state index in [1.165, 1.54) is 16.7 Å². The molecule has 1 aromatic heterocycles. The van der Waals surface area contributed by atoms with Gasteiger partial charge in [0.15, 0.2) is 0 Å². The van der Waals surface area contributed by atoms with Crippen molar-refractivity contribution in [3.63, 3.8) is 0 Å². The number of fused-ring (bicyclic) bond motifs is 2. The fourth-order valence-electron chi connectivity index (χ4n) is 5.59. The smallest absolute Gasteiger partial charge is 0.304 e. The first-order valence-electron chi connectivity index (χ1n) is 13.5. The number of benzene rings is 3. The number of nitrogens with zero attached hydrogens (tertiary/aromatic N) is 4. The second-order valence-electron chi connectivity index (χ2n) is 10.3. The van der Waals surface area contributed by atoms with E-state index in [2.05, 4.69) is 71.5 Å². The van der Waals surface area contributed by atoms with Gasteiger partial charge in [0.05, 0.1) is 11.9 Å². The van der Waals surface area contributed by atoms with Crippen LogP contribution in [-0.4, -0.2) is 43.6 Å². The van der Waals surface area contributed by atoms with Crippen LogP contribution >= 0.6 is 0 Å². The number of hydrogen-bond donors (Lipinski definition) is 1. The number of carboxylic acid groups (broad SMARTS) is 1. The maximum atomic E-state index is 12.0. The molecule has 0 fully saturated rings. The predicted octanol–water partition coefficient (Wildman–Crippen LogP) is 5.85. The third kappa shape index (κ3) is 5.16. The van der Waals surface area contributed by atoms with Gasteiger partial charge in [-0.15, -0.1) is 5.10 Å². The maximum Gasteiger partial charge on any atom is 0.304 e. The van der Waals surface area contributed by atoms with Crippen molar-refractivity contribution < 1.29 is 14.6 Å². The summed E-state index contributed by atoms with van der Waals surface area (Å²) in [5, 5.41) is 18.5. The summed E-state index contributed by atoms with van der Waals surface area (Å²) in [4.78, 5) is 14.5. The van der Waals surface area contributed by atoms with E-state index in [9.17, 15) is 9.90 Å². The van der Waals surface area contributed by atoms with E-state index in [-0.39, 0.29) is 18.4 Å². The van der Waals surface area contributed by atoms with E-state index in [1.54, 1.807) is 0 Å². The molecule has 7 nitrogen and oxygen atoms in total. The highest BCUT2D eigenvalue weighted by Crippen LogP contribution is 2.35. The molecule has 1 aliphatic heterocycles. The molecule has 1 aliphatic rings. The van der Waals surface area contributed by atoms with Crippen molar-refractivity contribution in [3.8, 4) is 5.75 Å².